The number of aryl methyl sites for hydroxylation is 1. The number of benzene rings is 3. The van der Waals surface area contributed by atoms with Crippen molar-refractivity contribution in [2.75, 3.05) is 0 Å². The van der Waals surface area contributed by atoms with Gasteiger partial charge in [0.05, 0.1) is 0 Å². The Balaban J connectivity index is 2.16. The minimum absolute atomic E-state index is 0.275. The van der Waals surface area contributed by atoms with E-state index in [0.29, 0.717) is 0 Å². The summed E-state index contributed by atoms with van der Waals surface area (Å²) >= 11 is 0. The highest BCUT2D eigenvalue weighted by molar-refractivity contribution is 8.01. The largest absolute Gasteiger partial charge is 0.302 e. The van der Waals surface area contributed by atoms with Crippen LogP contribution in [0.3, 0.4) is 0 Å². The van der Waals surface area contributed by atoms with Gasteiger partial charge < -0.3 is 4.57 Å². The average Bonchev–Trinajstić information content (AvgIpc) is 2.73. The van der Waals surface area contributed by atoms with Crippen molar-refractivity contribution in [1.29, 1.82) is 0 Å². The molecule has 0 spiro atoms. The molecule has 3 rings (SSSR count). The van der Waals surface area contributed by atoms with Gasteiger partial charge in [0.1, 0.15) is 0 Å². The van der Waals surface area contributed by atoms with E-state index in [-0.39, 0.29) is 16.4 Å². The third kappa shape index (κ3) is 3.31. The molecule has 0 radical (unpaired) electrons. The van der Waals surface area contributed by atoms with Crippen LogP contribution in [-0.2, 0) is 11.0 Å². The number of carbonyl (C=O) groups excluding carboxylic acids is 2. The summed E-state index contributed by atoms with van der Waals surface area (Å²) in [5, 5.41) is 0.275. The molecule has 3 aromatic rings. The van der Waals surface area contributed by atoms with Crippen molar-refractivity contribution < 1.29 is 14.2 Å². The molecule has 3 nitrogen and oxygen atoms in total. The molecule has 0 fully saturated rings. The van der Waals surface area contributed by atoms with Crippen molar-refractivity contribution in [2.45, 2.75) is 13.3 Å². The molecule has 4 heteroatoms. The summed E-state index contributed by atoms with van der Waals surface area (Å²) in [4.78, 5) is 26.3. The summed E-state index contributed by atoms with van der Waals surface area (Å²) in [5.41, 5.74) is 0.353. The Bertz CT molecular complexity index is 906. The highest BCUT2D eigenvalue weighted by atomic mass is 31.2. The SMILES string of the molecule is CCc1ccc(P(=O)(C(=O)c2ccccc2)C(=O)c2ccccc2)cc1. The van der Waals surface area contributed by atoms with E-state index in [9.17, 15) is 14.2 Å². The van der Waals surface area contributed by atoms with Crippen molar-refractivity contribution >= 4 is 23.5 Å². The normalized spacial score (nSPS) is 11.1. The predicted octanol–water partition coefficient (Wildman–Crippen LogP) is 4.92. The smallest absolute Gasteiger partial charge is 0.248 e. The van der Waals surface area contributed by atoms with E-state index in [0.717, 1.165) is 12.0 Å². The maximum absolute atomic E-state index is 13.9. The first-order valence-electron chi connectivity index (χ1n) is 8.47. The van der Waals surface area contributed by atoms with E-state index >= 15 is 0 Å². The maximum Gasteiger partial charge on any atom is 0.248 e. The van der Waals surface area contributed by atoms with Crippen LogP contribution in [0.2, 0.25) is 0 Å². The van der Waals surface area contributed by atoms with Crippen LogP contribution >= 0.6 is 7.14 Å². The summed E-state index contributed by atoms with van der Waals surface area (Å²) < 4.78 is 13.9. The minimum Gasteiger partial charge on any atom is -0.302 e. The van der Waals surface area contributed by atoms with Crippen LogP contribution in [0, 0.1) is 0 Å². The Hall–Kier alpha value is -2.77. The number of hydrogen-bond donors (Lipinski definition) is 0. The first-order chi connectivity index (χ1) is 12.6. The third-order valence-corrected chi connectivity index (χ3v) is 7.01. The van der Waals surface area contributed by atoms with Crippen molar-refractivity contribution in [3.8, 4) is 0 Å². The molecule has 0 atom stereocenters. The lowest BCUT2D eigenvalue weighted by Crippen LogP contribution is -2.20. The quantitative estimate of drug-likeness (QED) is 0.585. The van der Waals surface area contributed by atoms with Gasteiger partial charge in [-0.3, -0.25) is 9.59 Å². The summed E-state index contributed by atoms with van der Waals surface area (Å²) in [6.07, 6.45) is 0.823. The molecule has 0 heterocycles. The van der Waals surface area contributed by atoms with E-state index in [4.69, 9.17) is 0 Å². The van der Waals surface area contributed by atoms with Crippen molar-refractivity contribution in [1.82, 2.24) is 0 Å². The van der Waals surface area contributed by atoms with E-state index in [2.05, 4.69) is 0 Å². The molecule has 0 aromatic heterocycles. The van der Waals surface area contributed by atoms with Gasteiger partial charge in [0, 0.05) is 16.4 Å². The molecule has 0 unspecified atom stereocenters. The van der Waals surface area contributed by atoms with Crippen LogP contribution in [0.1, 0.15) is 33.2 Å². The Labute approximate surface area is 153 Å². The van der Waals surface area contributed by atoms with E-state index < -0.39 is 18.2 Å². The van der Waals surface area contributed by atoms with Gasteiger partial charge in [-0.1, -0.05) is 91.9 Å². The fraction of sp³-hybridized carbons (Fsp3) is 0.0909. The molecule has 0 N–H and O–H groups in total. The molecular formula is C22H19O3P. The van der Waals surface area contributed by atoms with Gasteiger partial charge >= 0.3 is 0 Å². The summed E-state index contributed by atoms with van der Waals surface area (Å²) in [6.45, 7) is 2.01. The molecule has 0 aliphatic carbocycles. The van der Waals surface area contributed by atoms with Crippen molar-refractivity contribution in [3.63, 3.8) is 0 Å². The van der Waals surface area contributed by atoms with Crippen LogP contribution in [0.5, 0.6) is 0 Å². The zero-order valence-electron chi connectivity index (χ0n) is 14.5. The van der Waals surface area contributed by atoms with Gasteiger partial charge in [-0.2, -0.15) is 0 Å². The fourth-order valence-corrected chi connectivity index (χ4v) is 5.04. The highest BCUT2D eigenvalue weighted by Crippen LogP contribution is 2.50. The molecule has 0 saturated carbocycles. The molecule has 0 amide bonds. The van der Waals surface area contributed by atoms with Gasteiger partial charge in [-0.05, 0) is 12.0 Å². The molecule has 0 aliphatic heterocycles. The lowest BCUT2D eigenvalue weighted by Gasteiger charge is -2.17. The van der Waals surface area contributed by atoms with Crippen LogP contribution in [0.25, 0.3) is 0 Å². The lowest BCUT2D eigenvalue weighted by molar-refractivity contribution is 0.104. The first-order valence-corrected chi connectivity index (χ1v) is 10.2. The van der Waals surface area contributed by atoms with E-state index in [1.54, 1.807) is 72.8 Å². The topological polar surface area (TPSA) is 51.2 Å². The van der Waals surface area contributed by atoms with Crippen LogP contribution in [0.15, 0.2) is 84.9 Å². The molecule has 3 aromatic carbocycles. The summed E-state index contributed by atoms with van der Waals surface area (Å²) in [5.74, 6) is 0. The molecular weight excluding hydrogens is 343 g/mol. The molecule has 0 aliphatic rings. The second kappa shape index (κ2) is 7.63. The molecule has 0 saturated heterocycles. The predicted molar refractivity (Wildman–Crippen MR) is 105 cm³/mol. The van der Waals surface area contributed by atoms with Gasteiger partial charge in [0.15, 0.2) is 0 Å². The molecule has 0 bridgehead atoms. The Kier molecular flexibility index (Phi) is 5.29. The monoisotopic (exact) mass is 362 g/mol. The van der Waals surface area contributed by atoms with Gasteiger partial charge in [-0.25, -0.2) is 0 Å². The summed E-state index contributed by atoms with van der Waals surface area (Å²) in [7, 11) is -4.01. The van der Waals surface area contributed by atoms with E-state index in [1.807, 2.05) is 19.1 Å². The number of rotatable bonds is 6. The van der Waals surface area contributed by atoms with Crippen molar-refractivity contribution in [3.05, 3.63) is 102 Å². The second-order valence-corrected chi connectivity index (χ2v) is 8.52. The van der Waals surface area contributed by atoms with Crippen LogP contribution < -0.4 is 5.30 Å². The van der Waals surface area contributed by atoms with Crippen LogP contribution in [-0.4, -0.2) is 11.0 Å². The van der Waals surface area contributed by atoms with Gasteiger partial charge in [-0.15, -0.1) is 0 Å². The molecule has 26 heavy (non-hydrogen) atoms. The summed E-state index contributed by atoms with van der Waals surface area (Å²) in [6, 6.07) is 23.6. The Morgan fingerprint density at radius 3 is 1.50 bits per heavy atom. The third-order valence-electron chi connectivity index (χ3n) is 4.32. The number of hydrogen-bond acceptors (Lipinski definition) is 3. The zero-order valence-corrected chi connectivity index (χ0v) is 15.4. The standard InChI is InChI=1S/C22H19O3P/c1-2-17-13-15-20(16-14-17)26(25,21(23)18-9-5-3-6-10-18)22(24)19-11-7-4-8-12-19/h3-16H,2H2,1H3. The van der Waals surface area contributed by atoms with Gasteiger partial charge in [0.2, 0.25) is 18.2 Å². The molecule has 130 valence electrons. The maximum atomic E-state index is 13.9. The van der Waals surface area contributed by atoms with E-state index in [1.165, 1.54) is 0 Å². The lowest BCUT2D eigenvalue weighted by atomic mass is 10.2. The van der Waals surface area contributed by atoms with Crippen molar-refractivity contribution in [2.24, 2.45) is 0 Å². The zero-order chi connectivity index (χ0) is 18.6. The van der Waals surface area contributed by atoms with Crippen LogP contribution in [0.4, 0.5) is 0 Å². The average molecular weight is 362 g/mol. The Morgan fingerprint density at radius 2 is 1.12 bits per heavy atom. The minimum atomic E-state index is -4.01. The Morgan fingerprint density at radius 1 is 0.692 bits per heavy atom. The first kappa shape index (κ1) is 18.0. The number of carbonyl (C=O) groups is 2. The fourth-order valence-electron chi connectivity index (χ4n) is 2.79. The highest BCUT2D eigenvalue weighted by Gasteiger charge is 2.42. The van der Waals surface area contributed by atoms with Gasteiger partial charge in [0.25, 0.3) is 0 Å². The second-order valence-electron chi connectivity index (χ2n) is 5.97.